The van der Waals surface area contributed by atoms with Crippen molar-refractivity contribution in [3.8, 4) is 0 Å². The van der Waals surface area contributed by atoms with Crippen molar-refractivity contribution < 1.29 is 19.7 Å². The maximum atomic E-state index is 11.7. The summed E-state index contributed by atoms with van der Waals surface area (Å²) in [6.07, 6.45) is 3.88. The summed E-state index contributed by atoms with van der Waals surface area (Å²) in [5.74, 6) is -0.417. The minimum atomic E-state index is -0.709. The molecule has 3 rings (SSSR count). The quantitative estimate of drug-likeness (QED) is 0.809. The van der Waals surface area contributed by atoms with Crippen LogP contribution < -0.4 is 4.90 Å². The summed E-state index contributed by atoms with van der Waals surface area (Å²) in [6.45, 7) is -0.00154. The van der Waals surface area contributed by atoms with Crippen LogP contribution in [0.15, 0.2) is 48.5 Å². The third kappa shape index (κ3) is 3.64. The van der Waals surface area contributed by atoms with E-state index in [2.05, 4.69) is 11.0 Å². The van der Waals surface area contributed by atoms with Gasteiger partial charge in [-0.1, -0.05) is 36.4 Å². The molecule has 0 fully saturated rings. The van der Waals surface area contributed by atoms with Gasteiger partial charge in [0.2, 0.25) is 0 Å². The number of anilines is 1. The SMILES string of the molecule is COC(=O)c1cccc(C(O)CC2C=Cc3ccc(CO)cc3N2C)c1. The van der Waals surface area contributed by atoms with Crippen molar-refractivity contribution in [2.75, 3.05) is 19.1 Å². The highest BCUT2D eigenvalue weighted by molar-refractivity contribution is 5.89. The second-order valence-electron chi connectivity index (χ2n) is 6.46. The number of likely N-dealkylation sites (N-methyl/N-ethyl adjacent to an activating group) is 1. The molecule has 1 heterocycles. The van der Waals surface area contributed by atoms with E-state index in [-0.39, 0.29) is 12.6 Å². The Balaban J connectivity index is 1.78. The monoisotopic (exact) mass is 353 g/mol. The fourth-order valence-corrected chi connectivity index (χ4v) is 3.25. The normalized spacial score (nSPS) is 16.9. The first-order valence-corrected chi connectivity index (χ1v) is 8.54. The Morgan fingerprint density at radius 2 is 2.08 bits per heavy atom. The maximum Gasteiger partial charge on any atom is 0.337 e. The molecule has 0 spiro atoms. The third-order valence-electron chi connectivity index (χ3n) is 4.81. The highest BCUT2D eigenvalue weighted by Crippen LogP contribution is 2.32. The second kappa shape index (κ2) is 7.72. The molecule has 136 valence electrons. The predicted molar refractivity (Wildman–Crippen MR) is 101 cm³/mol. The molecule has 1 aliphatic rings. The number of fused-ring (bicyclic) bond motifs is 1. The van der Waals surface area contributed by atoms with E-state index in [4.69, 9.17) is 4.74 Å². The van der Waals surface area contributed by atoms with Crippen LogP contribution in [0.4, 0.5) is 5.69 Å². The Morgan fingerprint density at radius 1 is 1.27 bits per heavy atom. The number of esters is 1. The number of carbonyl (C=O) groups is 1. The van der Waals surface area contributed by atoms with Gasteiger partial charge < -0.3 is 19.8 Å². The van der Waals surface area contributed by atoms with Crippen molar-refractivity contribution in [1.29, 1.82) is 0 Å². The second-order valence-corrected chi connectivity index (χ2v) is 6.46. The fourth-order valence-electron chi connectivity index (χ4n) is 3.25. The van der Waals surface area contributed by atoms with Crippen LogP contribution in [0, 0.1) is 0 Å². The summed E-state index contributed by atoms with van der Waals surface area (Å²) in [5, 5.41) is 20.0. The zero-order valence-electron chi connectivity index (χ0n) is 14.9. The molecule has 0 saturated carbocycles. The van der Waals surface area contributed by atoms with Crippen molar-refractivity contribution in [3.05, 3.63) is 70.8 Å². The van der Waals surface area contributed by atoms with E-state index >= 15 is 0 Å². The average Bonchev–Trinajstić information content (AvgIpc) is 2.69. The third-order valence-corrected chi connectivity index (χ3v) is 4.81. The molecule has 5 heteroatoms. The maximum absolute atomic E-state index is 11.7. The van der Waals surface area contributed by atoms with Crippen molar-refractivity contribution in [3.63, 3.8) is 0 Å². The van der Waals surface area contributed by atoms with E-state index in [1.54, 1.807) is 18.2 Å². The van der Waals surface area contributed by atoms with Gasteiger partial charge in [0.05, 0.1) is 31.4 Å². The highest BCUT2D eigenvalue weighted by Gasteiger charge is 2.23. The number of hydrogen-bond acceptors (Lipinski definition) is 5. The Labute approximate surface area is 153 Å². The lowest BCUT2D eigenvalue weighted by atomic mass is 9.95. The Hall–Kier alpha value is -2.63. The number of benzene rings is 2. The fraction of sp³-hybridized carbons (Fsp3) is 0.286. The molecule has 0 saturated heterocycles. The molecule has 0 aliphatic carbocycles. The highest BCUT2D eigenvalue weighted by atomic mass is 16.5. The van der Waals surface area contributed by atoms with Gasteiger partial charge in [-0.15, -0.1) is 0 Å². The van der Waals surface area contributed by atoms with Crippen LogP contribution in [0.25, 0.3) is 6.08 Å². The van der Waals surface area contributed by atoms with Crippen LogP contribution in [0.2, 0.25) is 0 Å². The number of carbonyl (C=O) groups excluding carboxylic acids is 1. The lowest BCUT2D eigenvalue weighted by Crippen LogP contribution is -2.33. The van der Waals surface area contributed by atoms with Crippen molar-refractivity contribution >= 4 is 17.7 Å². The van der Waals surface area contributed by atoms with Crippen LogP contribution in [0.5, 0.6) is 0 Å². The topological polar surface area (TPSA) is 70.0 Å². The molecule has 0 amide bonds. The van der Waals surface area contributed by atoms with Gasteiger partial charge >= 0.3 is 5.97 Å². The van der Waals surface area contributed by atoms with E-state index in [9.17, 15) is 15.0 Å². The van der Waals surface area contributed by atoms with Crippen molar-refractivity contribution in [2.45, 2.75) is 25.2 Å². The molecule has 0 aromatic heterocycles. The van der Waals surface area contributed by atoms with Gasteiger partial charge in [0.1, 0.15) is 0 Å². The first kappa shape index (κ1) is 18.2. The Bertz CT molecular complexity index is 831. The van der Waals surface area contributed by atoms with E-state index in [0.29, 0.717) is 17.5 Å². The molecule has 2 unspecified atom stereocenters. The van der Waals surface area contributed by atoms with E-state index in [1.807, 2.05) is 37.4 Å². The molecule has 26 heavy (non-hydrogen) atoms. The van der Waals surface area contributed by atoms with E-state index in [1.165, 1.54) is 7.11 Å². The zero-order valence-corrected chi connectivity index (χ0v) is 14.9. The zero-order chi connectivity index (χ0) is 18.7. The summed E-state index contributed by atoms with van der Waals surface area (Å²) < 4.78 is 4.74. The van der Waals surface area contributed by atoms with Gasteiger partial charge in [-0.05, 0) is 34.9 Å². The van der Waals surface area contributed by atoms with Gasteiger partial charge in [-0.2, -0.15) is 0 Å². The number of rotatable bonds is 5. The number of aliphatic hydroxyl groups excluding tert-OH is 2. The summed E-state index contributed by atoms with van der Waals surface area (Å²) in [4.78, 5) is 13.8. The van der Waals surface area contributed by atoms with Gasteiger partial charge in [0.15, 0.2) is 0 Å². The smallest absolute Gasteiger partial charge is 0.337 e. The molecule has 0 bridgehead atoms. The number of nitrogens with zero attached hydrogens (tertiary/aromatic N) is 1. The van der Waals surface area contributed by atoms with Gasteiger partial charge in [-0.3, -0.25) is 0 Å². The molecule has 1 aliphatic heterocycles. The molecule has 2 N–H and O–H groups in total. The minimum Gasteiger partial charge on any atom is -0.465 e. The molecule has 2 atom stereocenters. The standard InChI is InChI=1S/C21H23NO4/c1-22-18(9-8-15-7-6-14(13-23)10-19(15)22)12-20(24)16-4-3-5-17(11-16)21(25)26-2/h3-11,18,20,23-24H,12-13H2,1-2H3. The number of ether oxygens (including phenoxy) is 1. The number of aliphatic hydroxyl groups is 2. The van der Waals surface area contributed by atoms with Crippen molar-refractivity contribution in [1.82, 2.24) is 0 Å². The van der Waals surface area contributed by atoms with Crippen LogP contribution in [-0.4, -0.2) is 36.4 Å². The lowest BCUT2D eigenvalue weighted by molar-refractivity contribution is 0.0600. The Morgan fingerprint density at radius 3 is 2.81 bits per heavy atom. The molecule has 2 aromatic rings. The molecule has 0 radical (unpaired) electrons. The summed E-state index contributed by atoms with van der Waals surface area (Å²) in [6, 6.07) is 12.8. The van der Waals surface area contributed by atoms with Crippen LogP contribution in [-0.2, 0) is 11.3 Å². The summed E-state index contributed by atoms with van der Waals surface area (Å²) in [7, 11) is 3.32. The minimum absolute atomic E-state index is 0.00154. The number of hydrogen-bond donors (Lipinski definition) is 2. The van der Waals surface area contributed by atoms with Gasteiger partial charge in [0.25, 0.3) is 0 Å². The number of methoxy groups -OCH3 is 1. The van der Waals surface area contributed by atoms with Gasteiger partial charge in [-0.25, -0.2) is 4.79 Å². The molecular weight excluding hydrogens is 330 g/mol. The Kier molecular flexibility index (Phi) is 5.40. The van der Waals surface area contributed by atoms with Crippen LogP contribution in [0.1, 0.15) is 39.6 Å². The largest absolute Gasteiger partial charge is 0.465 e. The molecule has 2 aromatic carbocycles. The van der Waals surface area contributed by atoms with E-state index in [0.717, 1.165) is 16.8 Å². The molecule has 5 nitrogen and oxygen atoms in total. The summed E-state index contributed by atoms with van der Waals surface area (Å²) in [5.41, 5.74) is 4.08. The van der Waals surface area contributed by atoms with Crippen LogP contribution in [0.3, 0.4) is 0 Å². The predicted octanol–water partition coefficient (Wildman–Crippen LogP) is 2.92. The van der Waals surface area contributed by atoms with Crippen molar-refractivity contribution in [2.24, 2.45) is 0 Å². The lowest BCUT2D eigenvalue weighted by Gasteiger charge is -2.34. The first-order chi connectivity index (χ1) is 12.5. The van der Waals surface area contributed by atoms with Gasteiger partial charge in [0, 0.05) is 19.2 Å². The first-order valence-electron chi connectivity index (χ1n) is 8.54. The summed E-state index contributed by atoms with van der Waals surface area (Å²) >= 11 is 0. The molecular formula is C21H23NO4. The average molecular weight is 353 g/mol. The van der Waals surface area contributed by atoms with Crippen LogP contribution >= 0.6 is 0 Å². The van der Waals surface area contributed by atoms with E-state index < -0.39 is 12.1 Å².